The fourth-order valence-electron chi connectivity index (χ4n) is 2.19. The molecule has 0 aliphatic heterocycles. The highest BCUT2D eigenvalue weighted by atomic mass is 79.9. The molecule has 1 aliphatic carbocycles. The number of carboxylic acids is 1. The molecule has 1 unspecified atom stereocenters. The summed E-state index contributed by atoms with van der Waals surface area (Å²) in [5, 5.41) is 9.44. The van der Waals surface area contributed by atoms with E-state index in [0.717, 1.165) is 16.5 Å². The summed E-state index contributed by atoms with van der Waals surface area (Å²) < 4.78 is 0.915. The molecule has 0 amide bonds. The zero-order chi connectivity index (χ0) is 14.7. The second kappa shape index (κ2) is 6.09. The van der Waals surface area contributed by atoms with Gasteiger partial charge in [-0.25, -0.2) is 4.79 Å². The van der Waals surface area contributed by atoms with Crippen molar-refractivity contribution in [3.8, 4) is 0 Å². The van der Waals surface area contributed by atoms with Gasteiger partial charge in [0.2, 0.25) is 0 Å². The summed E-state index contributed by atoms with van der Waals surface area (Å²) in [7, 11) is 0. The van der Waals surface area contributed by atoms with Gasteiger partial charge in [0.1, 0.15) is 0 Å². The van der Waals surface area contributed by atoms with E-state index in [-0.39, 0.29) is 11.5 Å². The maximum absolute atomic E-state index is 11.5. The molecule has 1 aromatic rings. The highest BCUT2D eigenvalue weighted by Gasteiger charge is 2.17. The Bertz CT molecular complexity index is 612. The molecule has 0 saturated heterocycles. The Hall–Kier alpha value is -1.81. The van der Waals surface area contributed by atoms with E-state index >= 15 is 0 Å². The van der Waals surface area contributed by atoms with Crippen LogP contribution in [0.1, 0.15) is 18.9 Å². The number of nitrogens with two attached hydrogens (primary N) is 1. The monoisotopic (exact) mass is 333 g/mol. The predicted molar refractivity (Wildman–Crippen MR) is 83.9 cm³/mol. The van der Waals surface area contributed by atoms with Gasteiger partial charge in [-0.2, -0.15) is 0 Å². The first-order valence-corrected chi connectivity index (χ1v) is 7.15. The van der Waals surface area contributed by atoms with Crippen molar-refractivity contribution < 1.29 is 9.90 Å². The van der Waals surface area contributed by atoms with Gasteiger partial charge in [-0.05, 0) is 47.8 Å². The molecule has 0 aromatic heterocycles. The molecular formula is C16H16BrNO2. The molecule has 3 nitrogen and oxygen atoms in total. The quantitative estimate of drug-likeness (QED) is 0.828. The Labute approximate surface area is 126 Å². The zero-order valence-corrected chi connectivity index (χ0v) is 12.7. The Balaban J connectivity index is 2.48. The molecule has 0 spiro atoms. The third-order valence-electron chi connectivity index (χ3n) is 3.34. The van der Waals surface area contributed by atoms with Gasteiger partial charge in [0.25, 0.3) is 0 Å². The van der Waals surface area contributed by atoms with Gasteiger partial charge in [0.15, 0.2) is 0 Å². The van der Waals surface area contributed by atoms with Crippen LogP contribution in [-0.4, -0.2) is 11.1 Å². The highest BCUT2D eigenvalue weighted by molar-refractivity contribution is 9.10. The second-order valence-electron chi connectivity index (χ2n) is 4.82. The summed E-state index contributed by atoms with van der Waals surface area (Å²) in [5.41, 5.74) is 8.42. The normalized spacial score (nSPS) is 19.3. The largest absolute Gasteiger partial charge is 0.478 e. The Morgan fingerprint density at radius 1 is 1.40 bits per heavy atom. The lowest BCUT2D eigenvalue weighted by atomic mass is 9.89. The molecule has 0 saturated carbocycles. The maximum atomic E-state index is 11.5. The molecule has 2 rings (SSSR count). The molecular weight excluding hydrogens is 318 g/mol. The van der Waals surface area contributed by atoms with Crippen LogP contribution in [0.2, 0.25) is 0 Å². The first-order chi connectivity index (χ1) is 9.49. The fraction of sp³-hybridized carbons (Fsp3) is 0.188. The molecule has 20 heavy (non-hydrogen) atoms. The standard InChI is InChI=1S/C16H16BrNO2/c1-10-3-2-4-15(18)13(10)9-14(16(19)20)11-5-7-12(17)8-6-11/h2,4-10H,3,18H2,1H3,(H,19,20)/b14-9+. The smallest absolute Gasteiger partial charge is 0.336 e. The third kappa shape index (κ3) is 3.20. The molecule has 4 heteroatoms. The Morgan fingerprint density at radius 3 is 2.60 bits per heavy atom. The average molecular weight is 334 g/mol. The number of carbonyl (C=O) groups is 1. The van der Waals surface area contributed by atoms with Crippen LogP contribution in [0, 0.1) is 5.92 Å². The minimum absolute atomic E-state index is 0.227. The van der Waals surface area contributed by atoms with Crippen molar-refractivity contribution >= 4 is 27.5 Å². The van der Waals surface area contributed by atoms with E-state index in [0.29, 0.717) is 11.3 Å². The van der Waals surface area contributed by atoms with Crippen molar-refractivity contribution in [2.24, 2.45) is 11.7 Å². The minimum Gasteiger partial charge on any atom is -0.478 e. The average Bonchev–Trinajstić information content (AvgIpc) is 2.39. The number of hydrogen-bond donors (Lipinski definition) is 2. The summed E-state index contributed by atoms with van der Waals surface area (Å²) in [6, 6.07) is 7.22. The topological polar surface area (TPSA) is 63.3 Å². The second-order valence-corrected chi connectivity index (χ2v) is 5.74. The van der Waals surface area contributed by atoms with Gasteiger partial charge in [-0.1, -0.05) is 41.1 Å². The molecule has 104 valence electrons. The van der Waals surface area contributed by atoms with Crippen LogP contribution < -0.4 is 5.73 Å². The van der Waals surface area contributed by atoms with Crippen LogP contribution in [0.25, 0.3) is 5.57 Å². The first kappa shape index (κ1) is 14.6. The predicted octanol–water partition coefficient (Wildman–Crippen LogP) is 3.73. The van der Waals surface area contributed by atoms with E-state index in [1.54, 1.807) is 18.2 Å². The van der Waals surface area contributed by atoms with E-state index < -0.39 is 5.97 Å². The van der Waals surface area contributed by atoms with Crippen LogP contribution in [0.3, 0.4) is 0 Å². The van der Waals surface area contributed by atoms with Crippen LogP contribution in [0.15, 0.2) is 58.2 Å². The highest BCUT2D eigenvalue weighted by Crippen LogP contribution is 2.28. The molecule has 1 atom stereocenters. The van der Waals surface area contributed by atoms with E-state index in [2.05, 4.69) is 15.9 Å². The number of carboxylic acid groups (broad SMARTS) is 1. The lowest BCUT2D eigenvalue weighted by molar-refractivity contribution is -0.130. The minimum atomic E-state index is -0.950. The van der Waals surface area contributed by atoms with Crippen LogP contribution in [0.5, 0.6) is 0 Å². The Kier molecular flexibility index (Phi) is 4.45. The van der Waals surface area contributed by atoms with Crippen molar-refractivity contribution in [2.75, 3.05) is 0 Å². The third-order valence-corrected chi connectivity index (χ3v) is 3.87. The molecule has 1 aromatic carbocycles. The van der Waals surface area contributed by atoms with E-state index in [1.807, 2.05) is 31.2 Å². The molecule has 3 N–H and O–H groups in total. The Morgan fingerprint density at radius 2 is 2.05 bits per heavy atom. The number of aliphatic carboxylic acids is 1. The summed E-state index contributed by atoms with van der Waals surface area (Å²) in [6.45, 7) is 2.04. The molecule has 0 bridgehead atoms. The molecule has 0 heterocycles. The molecule has 0 radical (unpaired) electrons. The van der Waals surface area contributed by atoms with Crippen molar-refractivity contribution in [2.45, 2.75) is 13.3 Å². The van der Waals surface area contributed by atoms with Gasteiger partial charge in [-0.15, -0.1) is 0 Å². The van der Waals surface area contributed by atoms with Crippen LogP contribution >= 0.6 is 15.9 Å². The summed E-state index contributed by atoms with van der Waals surface area (Å²) >= 11 is 3.34. The molecule has 1 aliphatic rings. The number of rotatable bonds is 3. The number of benzene rings is 1. The van der Waals surface area contributed by atoms with E-state index in [9.17, 15) is 9.90 Å². The fourth-order valence-corrected chi connectivity index (χ4v) is 2.45. The summed E-state index contributed by atoms with van der Waals surface area (Å²) in [6.07, 6.45) is 6.42. The lowest BCUT2D eigenvalue weighted by Crippen LogP contribution is -2.11. The van der Waals surface area contributed by atoms with Gasteiger partial charge in [0, 0.05) is 10.2 Å². The maximum Gasteiger partial charge on any atom is 0.336 e. The van der Waals surface area contributed by atoms with Gasteiger partial charge < -0.3 is 10.8 Å². The number of hydrogen-bond acceptors (Lipinski definition) is 2. The number of halogens is 1. The van der Waals surface area contributed by atoms with Gasteiger partial charge in [-0.3, -0.25) is 0 Å². The summed E-state index contributed by atoms with van der Waals surface area (Å²) in [4.78, 5) is 11.5. The van der Waals surface area contributed by atoms with Gasteiger partial charge >= 0.3 is 5.97 Å². The van der Waals surface area contributed by atoms with Crippen molar-refractivity contribution in [1.82, 2.24) is 0 Å². The summed E-state index contributed by atoms with van der Waals surface area (Å²) in [5.74, 6) is -0.723. The van der Waals surface area contributed by atoms with Crippen molar-refractivity contribution in [3.63, 3.8) is 0 Å². The lowest BCUT2D eigenvalue weighted by Gasteiger charge is -2.18. The number of allylic oxidation sites excluding steroid dienone is 4. The van der Waals surface area contributed by atoms with Crippen molar-refractivity contribution in [1.29, 1.82) is 0 Å². The zero-order valence-electron chi connectivity index (χ0n) is 11.1. The van der Waals surface area contributed by atoms with E-state index in [4.69, 9.17) is 5.73 Å². The van der Waals surface area contributed by atoms with Crippen molar-refractivity contribution in [3.05, 3.63) is 63.8 Å². The van der Waals surface area contributed by atoms with Crippen LogP contribution in [0.4, 0.5) is 0 Å². The molecule has 0 fully saturated rings. The van der Waals surface area contributed by atoms with E-state index in [1.165, 1.54) is 0 Å². The van der Waals surface area contributed by atoms with Gasteiger partial charge in [0.05, 0.1) is 5.57 Å². The van der Waals surface area contributed by atoms with Crippen LogP contribution in [-0.2, 0) is 4.79 Å². The SMILES string of the molecule is CC1CC=CC(N)=C1/C=C(/C(=O)O)c1ccc(Br)cc1. The first-order valence-electron chi connectivity index (χ1n) is 6.36.